The molecule has 0 heterocycles. The van der Waals surface area contributed by atoms with Gasteiger partial charge in [0.25, 0.3) is 5.91 Å². The first-order valence-corrected chi connectivity index (χ1v) is 6.55. The molecule has 4 N–H and O–H groups in total. The minimum Gasteiger partial charge on any atom is -0.505 e. The van der Waals surface area contributed by atoms with E-state index in [1.807, 2.05) is 31.2 Å². The van der Waals surface area contributed by atoms with E-state index in [-0.39, 0.29) is 28.9 Å². The van der Waals surface area contributed by atoms with Gasteiger partial charge >= 0.3 is 0 Å². The van der Waals surface area contributed by atoms with E-state index in [2.05, 4.69) is 5.32 Å². The molecule has 1 amide bonds. The molecule has 2 rings (SSSR count). The van der Waals surface area contributed by atoms with Gasteiger partial charge in [-0.05, 0) is 36.8 Å². The van der Waals surface area contributed by atoms with Crippen LogP contribution in [0.25, 0.3) is 0 Å². The molecule has 1 unspecified atom stereocenters. The molecule has 0 fully saturated rings. The highest BCUT2D eigenvalue weighted by Crippen LogP contribution is 2.25. The highest BCUT2D eigenvalue weighted by Gasteiger charge is 2.16. The molecule has 21 heavy (non-hydrogen) atoms. The Labute approximate surface area is 123 Å². The lowest BCUT2D eigenvalue weighted by Gasteiger charge is -2.15. The lowest BCUT2D eigenvalue weighted by molar-refractivity contribution is 0.0937. The first kappa shape index (κ1) is 14.7. The van der Waals surface area contributed by atoms with Gasteiger partial charge in [-0.3, -0.25) is 4.79 Å². The molecule has 0 aromatic heterocycles. The Morgan fingerprint density at radius 1 is 1.24 bits per heavy atom. The van der Waals surface area contributed by atoms with E-state index in [0.29, 0.717) is 0 Å². The molecule has 0 aliphatic rings. The molecular formula is C16H18N2O3. The third-order valence-electron chi connectivity index (χ3n) is 3.28. The molecule has 0 radical (unpaired) electrons. The molecule has 2 aromatic carbocycles. The number of ether oxygens (including phenoxy) is 1. The molecule has 2 aromatic rings. The number of phenolic OH excluding ortho intramolecular Hbond substituents is 1. The van der Waals surface area contributed by atoms with Crippen LogP contribution in [0.15, 0.2) is 42.5 Å². The number of phenols is 1. The van der Waals surface area contributed by atoms with Crippen LogP contribution in [0, 0.1) is 0 Å². The highest BCUT2D eigenvalue weighted by molar-refractivity contribution is 5.98. The van der Waals surface area contributed by atoms with Crippen molar-refractivity contribution < 1.29 is 14.6 Å². The van der Waals surface area contributed by atoms with Crippen LogP contribution in [-0.4, -0.2) is 18.1 Å². The largest absolute Gasteiger partial charge is 0.505 e. The smallest absolute Gasteiger partial charge is 0.255 e. The average molecular weight is 286 g/mol. The fraction of sp³-hybridized carbons (Fsp3) is 0.188. The number of anilines is 1. The van der Waals surface area contributed by atoms with Gasteiger partial charge in [-0.15, -0.1) is 0 Å². The molecule has 1 atom stereocenters. The number of nitrogens with two attached hydrogens (primary N) is 1. The van der Waals surface area contributed by atoms with Gasteiger partial charge in [0, 0.05) is 0 Å². The van der Waals surface area contributed by atoms with Gasteiger partial charge < -0.3 is 20.9 Å². The van der Waals surface area contributed by atoms with Crippen molar-refractivity contribution >= 4 is 11.6 Å². The molecule has 0 bridgehead atoms. The minimum atomic E-state index is -0.372. The number of nitrogens with one attached hydrogen (secondary N) is 1. The predicted molar refractivity (Wildman–Crippen MR) is 81.4 cm³/mol. The average Bonchev–Trinajstić information content (AvgIpc) is 2.50. The van der Waals surface area contributed by atoms with E-state index in [1.165, 1.54) is 6.07 Å². The van der Waals surface area contributed by atoms with Gasteiger partial charge in [0.2, 0.25) is 0 Å². The fourth-order valence-electron chi connectivity index (χ4n) is 1.99. The number of carbonyl (C=O) groups is 1. The van der Waals surface area contributed by atoms with Crippen LogP contribution in [0.4, 0.5) is 5.69 Å². The molecule has 0 aliphatic carbocycles. The number of nitrogen functional groups attached to an aromatic ring is 1. The van der Waals surface area contributed by atoms with Crippen LogP contribution in [0.3, 0.4) is 0 Å². The lowest BCUT2D eigenvalue weighted by Crippen LogP contribution is -2.26. The number of aromatic hydroxyl groups is 1. The fourth-order valence-corrected chi connectivity index (χ4v) is 1.99. The number of amides is 1. The normalized spacial score (nSPS) is 11.7. The third kappa shape index (κ3) is 3.25. The summed E-state index contributed by atoms with van der Waals surface area (Å²) in [6.07, 6.45) is 0. The number of carbonyl (C=O) groups excluding carboxylic acids is 1. The summed E-state index contributed by atoms with van der Waals surface area (Å²) in [7, 11) is 1.60. The number of hydrogen-bond donors (Lipinski definition) is 3. The molecule has 5 heteroatoms. The SMILES string of the molecule is COc1ccc(C(C)NC(=O)c2cccc(N)c2O)cc1. The van der Waals surface area contributed by atoms with E-state index < -0.39 is 0 Å². The summed E-state index contributed by atoms with van der Waals surface area (Å²) in [4.78, 5) is 12.2. The summed E-state index contributed by atoms with van der Waals surface area (Å²) >= 11 is 0. The van der Waals surface area contributed by atoms with E-state index in [9.17, 15) is 9.90 Å². The van der Waals surface area contributed by atoms with E-state index in [0.717, 1.165) is 11.3 Å². The van der Waals surface area contributed by atoms with Gasteiger partial charge in [-0.2, -0.15) is 0 Å². The first-order valence-electron chi connectivity index (χ1n) is 6.55. The Kier molecular flexibility index (Phi) is 4.33. The van der Waals surface area contributed by atoms with Crippen LogP contribution >= 0.6 is 0 Å². The number of rotatable bonds is 4. The van der Waals surface area contributed by atoms with Gasteiger partial charge in [-0.25, -0.2) is 0 Å². The Hall–Kier alpha value is -2.69. The van der Waals surface area contributed by atoms with Crippen LogP contribution in [0.1, 0.15) is 28.9 Å². The Bertz CT molecular complexity index is 638. The summed E-state index contributed by atoms with van der Waals surface area (Å²) in [5, 5.41) is 12.6. The maximum atomic E-state index is 12.2. The van der Waals surface area contributed by atoms with Gasteiger partial charge in [0.15, 0.2) is 5.75 Å². The van der Waals surface area contributed by atoms with Crippen molar-refractivity contribution in [3.05, 3.63) is 53.6 Å². The van der Waals surface area contributed by atoms with E-state index in [1.54, 1.807) is 19.2 Å². The molecule has 0 saturated carbocycles. The van der Waals surface area contributed by atoms with Gasteiger partial charge in [0.05, 0.1) is 24.4 Å². The van der Waals surface area contributed by atoms with Crippen molar-refractivity contribution in [2.24, 2.45) is 0 Å². The quantitative estimate of drug-likeness (QED) is 0.595. The summed E-state index contributed by atoms with van der Waals surface area (Å²) in [6.45, 7) is 1.86. The monoisotopic (exact) mass is 286 g/mol. The zero-order valence-corrected chi connectivity index (χ0v) is 12.0. The molecule has 5 nitrogen and oxygen atoms in total. The van der Waals surface area contributed by atoms with Crippen LogP contribution in [0.5, 0.6) is 11.5 Å². The van der Waals surface area contributed by atoms with Gasteiger partial charge in [-0.1, -0.05) is 18.2 Å². The maximum Gasteiger partial charge on any atom is 0.255 e. The van der Waals surface area contributed by atoms with Crippen molar-refractivity contribution in [2.75, 3.05) is 12.8 Å². The summed E-state index contributed by atoms with van der Waals surface area (Å²) in [6, 6.07) is 11.9. The lowest BCUT2D eigenvalue weighted by atomic mass is 10.1. The minimum absolute atomic E-state index is 0.162. The van der Waals surface area contributed by atoms with Gasteiger partial charge in [0.1, 0.15) is 5.75 Å². The molecule has 0 spiro atoms. The molecule has 0 aliphatic heterocycles. The molecule has 110 valence electrons. The molecular weight excluding hydrogens is 268 g/mol. The zero-order chi connectivity index (χ0) is 15.4. The summed E-state index contributed by atoms with van der Waals surface area (Å²) in [5.41, 5.74) is 6.87. The highest BCUT2D eigenvalue weighted by atomic mass is 16.5. The van der Waals surface area contributed by atoms with Crippen molar-refractivity contribution in [2.45, 2.75) is 13.0 Å². The predicted octanol–water partition coefficient (Wildman–Crippen LogP) is 2.47. The van der Waals surface area contributed by atoms with Crippen LogP contribution < -0.4 is 15.8 Å². The Morgan fingerprint density at radius 2 is 1.90 bits per heavy atom. The standard InChI is InChI=1S/C16H18N2O3/c1-10(11-6-8-12(21-2)9-7-11)18-16(20)13-4-3-5-14(17)15(13)19/h3-10,19H,17H2,1-2H3,(H,18,20). The molecule has 0 saturated heterocycles. The second-order valence-electron chi connectivity index (χ2n) is 4.71. The van der Waals surface area contributed by atoms with Crippen molar-refractivity contribution in [1.82, 2.24) is 5.32 Å². The maximum absolute atomic E-state index is 12.2. The topological polar surface area (TPSA) is 84.6 Å². The Morgan fingerprint density at radius 3 is 2.52 bits per heavy atom. The number of para-hydroxylation sites is 1. The number of benzene rings is 2. The van der Waals surface area contributed by atoms with E-state index >= 15 is 0 Å². The third-order valence-corrected chi connectivity index (χ3v) is 3.28. The number of hydrogen-bond acceptors (Lipinski definition) is 4. The zero-order valence-electron chi connectivity index (χ0n) is 12.0. The van der Waals surface area contributed by atoms with E-state index in [4.69, 9.17) is 10.5 Å². The van der Waals surface area contributed by atoms with Crippen molar-refractivity contribution in [1.29, 1.82) is 0 Å². The summed E-state index contributed by atoms with van der Waals surface area (Å²) in [5.74, 6) is 0.186. The second-order valence-corrected chi connectivity index (χ2v) is 4.71. The van der Waals surface area contributed by atoms with Crippen LogP contribution in [0.2, 0.25) is 0 Å². The van der Waals surface area contributed by atoms with Crippen molar-refractivity contribution in [3.63, 3.8) is 0 Å². The summed E-state index contributed by atoms with van der Waals surface area (Å²) < 4.78 is 5.09. The first-order chi connectivity index (χ1) is 10.0. The Balaban J connectivity index is 2.12. The van der Waals surface area contributed by atoms with Crippen LogP contribution in [-0.2, 0) is 0 Å². The second kappa shape index (κ2) is 6.17. The number of methoxy groups -OCH3 is 1. The van der Waals surface area contributed by atoms with Crippen molar-refractivity contribution in [3.8, 4) is 11.5 Å².